The van der Waals surface area contributed by atoms with Crippen LogP contribution in [-0.2, 0) is 21.4 Å². The third-order valence-corrected chi connectivity index (χ3v) is 6.95. The summed E-state index contributed by atoms with van der Waals surface area (Å²) in [7, 11) is -1.66. The van der Waals surface area contributed by atoms with Gasteiger partial charge in [-0.1, -0.05) is 48.0 Å². The number of rotatable bonds is 6. The second kappa shape index (κ2) is 8.86. The molecule has 1 saturated heterocycles. The molecule has 0 atom stereocenters. The number of likely N-dealkylation sites (N-methyl/N-ethyl adjacent to an activating group) is 1. The van der Waals surface area contributed by atoms with Crippen LogP contribution in [0, 0.1) is 6.92 Å². The van der Waals surface area contributed by atoms with Crippen LogP contribution in [0.15, 0.2) is 59.5 Å². The van der Waals surface area contributed by atoms with Crippen molar-refractivity contribution < 1.29 is 13.2 Å². The second-order valence-corrected chi connectivity index (χ2v) is 9.17. The number of sulfonamides is 1. The SMILES string of the molecule is Cc1ccc(CN(C)C(=O)CN2CCN(S(=O)(=O)c3ccccc3)CC2)cc1. The summed E-state index contributed by atoms with van der Waals surface area (Å²) in [4.78, 5) is 16.6. The first-order chi connectivity index (χ1) is 13.4. The molecule has 150 valence electrons. The lowest BCUT2D eigenvalue weighted by molar-refractivity contribution is -0.131. The van der Waals surface area contributed by atoms with Crippen molar-refractivity contribution in [2.75, 3.05) is 39.8 Å². The molecule has 1 fully saturated rings. The van der Waals surface area contributed by atoms with E-state index in [1.165, 1.54) is 9.87 Å². The standard InChI is InChI=1S/C21H27N3O3S/c1-18-8-10-19(11-9-18)16-22(2)21(25)17-23-12-14-24(15-13-23)28(26,27)20-6-4-3-5-7-20/h3-11H,12-17H2,1-2H3. The van der Waals surface area contributed by atoms with Crippen molar-refractivity contribution in [3.05, 3.63) is 65.7 Å². The van der Waals surface area contributed by atoms with E-state index in [1.54, 1.807) is 42.3 Å². The van der Waals surface area contributed by atoms with Gasteiger partial charge in [-0.3, -0.25) is 9.69 Å². The number of amides is 1. The van der Waals surface area contributed by atoms with Crippen molar-refractivity contribution in [2.45, 2.75) is 18.4 Å². The first kappa shape index (κ1) is 20.5. The number of hydrogen-bond acceptors (Lipinski definition) is 4. The quantitative estimate of drug-likeness (QED) is 0.742. The highest BCUT2D eigenvalue weighted by molar-refractivity contribution is 7.89. The van der Waals surface area contributed by atoms with Crippen LogP contribution in [0.4, 0.5) is 0 Å². The average Bonchev–Trinajstić information content (AvgIpc) is 2.70. The van der Waals surface area contributed by atoms with E-state index in [9.17, 15) is 13.2 Å². The van der Waals surface area contributed by atoms with Crippen LogP contribution in [0.25, 0.3) is 0 Å². The minimum atomic E-state index is -3.46. The lowest BCUT2D eigenvalue weighted by Gasteiger charge is -2.34. The van der Waals surface area contributed by atoms with E-state index in [0.717, 1.165) is 5.56 Å². The molecule has 2 aromatic carbocycles. The van der Waals surface area contributed by atoms with Crippen molar-refractivity contribution in [3.8, 4) is 0 Å². The van der Waals surface area contributed by atoms with Crippen molar-refractivity contribution in [1.29, 1.82) is 0 Å². The van der Waals surface area contributed by atoms with Crippen molar-refractivity contribution >= 4 is 15.9 Å². The van der Waals surface area contributed by atoms with E-state index in [1.807, 2.05) is 36.1 Å². The largest absolute Gasteiger partial charge is 0.340 e. The molecule has 1 amide bonds. The smallest absolute Gasteiger partial charge is 0.243 e. The Hall–Kier alpha value is -2.22. The van der Waals surface area contributed by atoms with Gasteiger partial charge in [-0.25, -0.2) is 8.42 Å². The zero-order valence-corrected chi connectivity index (χ0v) is 17.2. The van der Waals surface area contributed by atoms with Crippen LogP contribution in [0.3, 0.4) is 0 Å². The van der Waals surface area contributed by atoms with Gasteiger partial charge >= 0.3 is 0 Å². The molecular weight excluding hydrogens is 374 g/mol. The van der Waals surface area contributed by atoms with E-state index < -0.39 is 10.0 Å². The Morgan fingerprint density at radius 2 is 1.57 bits per heavy atom. The van der Waals surface area contributed by atoms with Crippen molar-refractivity contribution in [1.82, 2.24) is 14.1 Å². The van der Waals surface area contributed by atoms with Crippen LogP contribution < -0.4 is 0 Å². The number of carbonyl (C=O) groups is 1. The predicted molar refractivity (Wildman–Crippen MR) is 109 cm³/mol. The van der Waals surface area contributed by atoms with E-state index in [-0.39, 0.29) is 5.91 Å². The van der Waals surface area contributed by atoms with Crippen LogP contribution in [-0.4, -0.2) is 68.2 Å². The fourth-order valence-corrected chi connectivity index (χ4v) is 4.68. The fraction of sp³-hybridized carbons (Fsp3) is 0.381. The predicted octanol–water partition coefficient (Wildman–Crippen LogP) is 1.96. The van der Waals surface area contributed by atoms with Crippen LogP contribution in [0.2, 0.25) is 0 Å². The van der Waals surface area contributed by atoms with Gasteiger partial charge in [-0.05, 0) is 24.6 Å². The van der Waals surface area contributed by atoms with E-state index in [0.29, 0.717) is 44.2 Å². The molecule has 0 unspecified atom stereocenters. The highest BCUT2D eigenvalue weighted by Gasteiger charge is 2.29. The molecule has 2 aromatic rings. The Morgan fingerprint density at radius 3 is 2.18 bits per heavy atom. The highest BCUT2D eigenvalue weighted by Crippen LogP contribution is 2.17. The minimum absolute atomic E-state index is 0.0416. The Balaban J connectivity index is 1.51. The molecule has 1 aliphatic rings. The summed E-state index contributed by atoms with van der Waals surface area (Å²) in [5, 5.41) is 0. The van der Waals surface area contributed by atoms with Gasteiger partial charge in [0.15, 0.2) is 0 Å². The fourth-order valence-electron chi connectivity index (χ4n) is 3.24. The van der Waals surface area contributed by atoms with Gasteiger partial charge in [0.1, 0.15) is 0 Å². The lowest BCUT2D eigenvalue weighted by atomic mass is 10.1. The summed E-state index contributed by atoms with van der Waals surface area (Å²) in [5.41, 5.74) is 2.29. The molecule has 6 nitrogen and oxygen atoms in total. The Morgan fingerprint density at radius 1 is 0.964 bits per heavy atom. The van der Waals surface area contributed by atoms with Crippen LogP contribution in [0.5, 0.6) is 0 Å². The Bertz CT molecular complexity index is 890. The third kappa shape index (κ3) is 4.98. The third-order valence-electron chi connectivity index (χ3n) is 5.04. The molecule has 3 rings (SSSR count). The summed E-state index contributed by atoms with van der Waals surface area (Å²) in [6.45, 7) is 4.81. The van der Waals surface area contributed by atoms with Crippen molar-refractivity contribution in [2.24, 2.45) is 0 Å². The minimum Gasteiger partial charge on any atom is -0.340 e. The van der Waals surface area contributed by atoms with E-state index >= 15 is 0 Å². The molecule has 0 spiro atoms. The molecule has 0 saturated carbocycles. The zero-order chi connectivity index (χ0) is 20.1. The van der Waals surface area contributed by atoms with Crippen LogP contribution >= 0.6 is 0 Å². The normalized spacial score (nSPS) is 16.1. The summed E-state index contributed by atoms with van der Waals surface area (Å²) in [5.74, 6) is 0.0416. The van der Waals surface area contributed by atoms with Crippen LogP contribution in [0.1, 0.15) is 11.1 Å². The zero-order valence-electron chi connectivity index (χ0n) is 16.4. The molecule has 28 heavy (non-hydrogen) atoms. The summed E-state index contributed by atoms with van der Waals surface area (Å²) in [6.07, 6.45) is 0. The molecule has 0 radical (unpaired) electrons. The molecule has 7 heteroatoms. The molecule has 0 bridgehead atoms. The number of aryl methyl sites for hydroxylation is 1. The number of nitrogens with zero attached hydrogens (tertiary/aromatic N) is 3. The van der Waals surface area contributed by atoms with Gasteiger partial charge in [0.2, 0.25) is 15.9 Å². The molecule has 1 aliphatic heterocycles. The first-order valence-electron chi connectivity index (χ1n) is 9.43. The van der Waals surface area contributed by atoms with Gasteiger partial charge in [0.25, 0.3) is 0 Å². The maximum Gasteiger partial charge on any atom is 0.243 e. The maximum atomic E-state index is 12.7. The molecule has 0 aromatic heterocycles. The molecular formula is C21H27N3O3S. The van der Waals surface area contributed by atoms with Gasteiger partial charge in [-0.2, -0.15) is 4.31 Å². The Labute approximate surface area is 167 Å². The Kier molecular flexibility index (Phi) is 6.49. The average molecular weight is 402 g/mol. The van der Waals surface area contributed by atoms with Gasteiger partial charge in [0, 0.05) is 39.8 Å². The number of hydrogen-bond donors (Lipinski definition) is 0. The summed E-state index contributed by atoms with van der Waals surface area (Å²) >= 11 is 0. The van der Waals surface area contributed by atoms with E-state index in [2.05, 4.69) is 0 Å². The van der Waals surface area contributed by atoms with E-state index in [4.69, 9.17) is 0 Å². The number of carbonyl (C=O) groups excluding carboxylic acids is 1. The summed E-state index contributed by atoms with van der Waals surface area (Å²) in [6, 6.07) is 16.6. The number of benzene rings is 2. The highest BCUT2D eigenvalue weighted by atomic mass is 32.2. The van der Waals surface area contributed by atoms with Crippen molar-refractivity contribution in [3.63, 3.8) is 0 Å². The van der Waals surface area contributed by atoms with Gasteiger partial charge < -0.3 is 4.90 Å². The number of piperazine rings is 1. The molecule has 1 heterocycles. The topological polar surface area (TPSA) is 60.9 Å². The van der Waals surface area contributed by atoms with Gasteiger partial charge in [0.05, 0.1) is 11.4 Å². The first-order valence-corrected chi connectivity index (χ1v) is 10.9. The molecule has 0 aliphatic carbocycles. The summed E-state index contributed by atoms with van der Waals surface area (Å²) < 4.78 is 26.9. The second-order valence-electron chi connectivity index (χ2n) is 7.23. The van der Waals surface area contributed by atoms with Gasteiger partial charge in [-0.15, -0.1) is 0 Å². The molecule has 0 N–H and O–H groups in total. The monoisotopic (exact) mass is 401 g/mol. The maximum absolute atomic E-state index is 12.7. The lowest BCUT2D eigenvalue weighted by Crippen LogP contribution is -2.51.